The Balaban J connectivity index is 1.53. The zero-order valence-corrected chi connectivity index (χ0v) is 17.7. The van der Waals surface area contributed by atoms with Crippen molar-refractivity contribution in [3.05, 3.63) is 35.4 Å². The van der Waals surface area contributed by atoms with Gasteiger partial charge in [0.1, 0.15) is 0 Å². The highest BCUT2D eigenvalue weighted by molar-refractivity contribution is 5.29. The fourth-order valence-electron chi connectivity index (χ4n) is 5.67. The van der Waals surface area contributed by atoms with Gasteiger partial charge >= 0.3 is 0 Å². The normalized spacial score (nSPS) is 31.4. The van der Waals surface area contributed by atoms with Gasteiger partial charge in [-0.3, -0.25) is 0 Å². The lowest BCUT2D eigenvalue weighted by Gasteiger charge is -2.35. The minimum atomic E-state index is -0.0242. The van der Waals surface area contributed by atoms with Crippen LogP contribution in [0.25, 0.3) is 0 Å². The Bertz CT molecular complexity index is 592. The van der Waals surface area contributed by atoms with Crippen LogP contribution in [0.2, 0.25) is 0 Å². The quantitative estimate of drug-likeness (QED) is 0.478. The molecule has 0 spiro atoms. The molecule has 2 aliphatic rings. The number of hydrogen-bond donors (Lipinski definition) is 0. The van der Waals surface area contributed by atoms with Crippen LogP contribution in [0.15, 0.2) is 24.3 Å². The van der Waals surface area contributed by atoms with Crippen molar-refractivity contribution >= 4 is 0 Å². The Morgan fingerprint density at radius 3 is 1.89 bits per heavy atom. The van der Waals surface area contributed by atoms with Crippen molar-refractivity contribution in [2.24, 2.45) is 11.3 Å². The van der Waals surface area contributed by atoms with Gasteiger partial charge in [-0.25, -0.2) is 0 Å². The van der Waals surface area contributed by atoms with E-state index < -0.39 is 0 Å². The molecule has 1 aromatic rings. The molecule has 0 atom stereocenters. The van der Waals surface area contributed by atoms with E-state index in [1.54, 1.807) is 5.56 Å². The molecule has 2 fully saturated rings. The molecular formula is C26H39N. The minimum Gasteiger partial charge on any atom is -0.198 e. The van der Waals surface area contributed by atoms with Crippen LogP contribution in [0, 0.1) is 22.7 Å². The van der Waals surface area contributed by atoms with Gasteiger partial charge in [-0.05, 0) is 86.7 Å². The molecule has 27 heavy (non-hydrogen) atoms. The maximum Gasteiger partial charge on any atom is 0.0689 e. The summed E-state index contributed by atoms with van der Waals surface area (Å²) in [5.74, 6) is 2.45. The second-order valence-electron chi connectivity index (χ2n) is 9.44. The molecule has 0 N–H and O–H groups in total. The van der Waals surface area contributed by atoms with Crippen molar-refractivity contribution in [1.29, 1.82) is 5.26 Å². The van der Waals surface area contributed by atoms with Gasteiger partial charge in [-0.2, -0.15) is 5.26 Å². The van der Waals surface area contributed by atoms with Crippen molar-refractivity contribution < 1.29 is 0 Å². The van der Waals surface area contributed by atoms with E-state index in [0.717, 1.165) is 31.1 Å². The monoisotopic (exact) mass is 365 g/mol. The lowest BCUT2D eigenvalue weighted by atomic mass is 9.67. The van der Waals surface area contributed by atoms with Gasteiger partial charge in [0.2, 0.25) is 0 Å². The summed E-state index contributed by atoms with van der Waals surface area (Å²) in [6.07, 6.45) is 16.5. The van der Waals surface area contributed by atoms with E-state index in [9.17, 15) is 5.26 Å². The predicted octanol–water partition coefficient (Wildman–Crippen LogP) is 8.12. The molecule has 3 rings (SSSR count). The number of unbranched alkanes of at least 4 members (excludes halogenated alkanes) is 1. The van der Waals surface area contributed by atoms with Crippen molar-refractivity contribution in [2.45, 2.75) is 109 Å². The summed E-state index contributed by atoms with van der Waals surface area (Å²) in [6.45, 7) is 4.55. The van der Waals surface area contributed by atoms with Crippen LogP contribution in [-0.2, 0) is 0 Å². The number of hydrogen-bond acceptors (Lipinski definition) is 1. The predicted molar refractivity (Wildman–Crippen MR) is 115 cm³/mol. The first-order chi connectivity index (χ1) is 13.2. The summed E-state index contributed by atoms with van der Waals surface area (Å²) >= 11 is 0. The highest BCUT2D eigenvalue weighted by atomic mass is 14.4. The minimum absolute atomic E-state index is 0.0242. The first kappa shape index (κ1) is 20.4. The number of rotatable bonds is 7. The van der Waals surface area contributed by atoms with Crippen molar-refractivity contribution in [3.8, 4) is 6.07 Å². The second-order valence-corrected chi connectivity index (χ2v) is 9.44. The maximum atomic E-state index is 9.71. The van der Waals surface area contributed by atoms with Crippen LogP contribution >= 0.6 is 0 Å². The summed E-state index contributed by atoms with van der Waals surface area (Å²) in [5.41, 5.74) is 3.06. The van der Waals surface area contributed by atoms with Crippen molar-refractivity contribution in [1.82, 2.24) is 0 Å². The van der Waals surface area contributed by atoms with E-state index in [4.69, 9.17) is 0 Å². The Morgan fingerprint density at radius 1 is 0.852 bits per heavy atom. The molecule has 0 radical (unpaired) electrons. The Labute approximate surface area is 167 Å². The fourth-order valence-corrected chi connectivity index (χ4v) is 5.67. The van der Waals surface area contributed by atoms with E-state index >= 15 is 0 Å². The molecule has 1 heteroatoms. The first-order valence-corrected chi connectivity index (χ1v) is 11.7. The molecular weight excluding hydrogens is 326 g/mol. The van der Waals surface area contributed by atoms with Gasteiger partial charge in [0.25, 0.3) is 0 Å². The molecule has 1 aromatic carbocycles. The van der Waals surface area contributed by atoms with Gasteiger partial charge in [-0.15, -0.1) is 0 Å². The molecule has 2 aliphatic carbocycles. The molecule has 0 heterocycles. The summed E-state index contributed by atoms with van der Waals surface area (Å²) in [7, 11) is 0. The second kappa shape index (κ2) is 9.77. The van der Waals surface area contributed by atoms with Crippen LogP contribution in [0.1, 0.15) is 120 Å². The number of nitriles is 1. The Hall–Kier alpha value is -1.29. The smallest absolute Gasteiger partial charge is 0.0689 e. The summed E-state index contributed by atoms with van der Waals surface area (Å²) in [6, 6.07) is 12.3. The lowest BCUT2D eigenvalue weighted by molar-refractivity contribution is 0.224. The van der Waals surface area contributed by atoms with Gasteiger partial charge in [0, 0.05) is 0 Å². The van der Waals surface area contributed by atoms with E-state index in [1.165, 1.54) is 69.8 Å². The molecule has 0 bridgehead atoms. The Kier molecular flexibility index (Phi) is 7.40. The molecule has 1 nitrogen and oxygen atoms in total. The van der Waals surface area contributed by atoms with Crippen LogP contribution < -0.4 is 0 Å². The highest BCUT2D eigenvalue weighted by Gasteiger charge is 2.35. The maximum absolute atomic E-state index is 9.71. The standard InChI is InChI=1S/C26H39N/c1-3-5-17-26(20-27)18-15-25(16-19-26)24-13-11-23(12-14-24)22-9-7-21(6-4-2)8-10-22/h11-14,21-22,25H,3-10,15-19H2,1-2H3. The van der Waals surface area contributed by atoms with Gasteiger partial charge < -0.3 is 0 Å². The topological polar surface area (TPSA) is 23.8 Å². The van der Waals surface area contributed by atoms with E-state index in [2.05, 4.69) is 44.2 Å². The Morgan fingerprint density at radius 2 is 1.41 bits per heavy atom. The summed E-state index contributed by atoms with van der Waals surface area (Å²) < 4.78 is 0. The van der Waals surface area contributed by atoms with E-state index in [-0.39, 0.29) is 5.41 Å². The van der Waals surface area contributed by atoms with Crippen LogP contribution in [0.4, 0.5) is 0 Å². The average molecular weight is 366 g/mol. The van der Waals surface area contributed by atoms with Crippen LogP contribution in [-0.4, -0.2) is 0 Å². The molecule has 0 saturated heterocycles. The molecule has 0 unspecified atom stereocenters. The van der Waals surface area contributed by atoms with E-state index in [0.29, 0.717) is 5.92 Å². The van der Waals surface area contributed by atoms with Crippen molar-refractivity contribution in [3.63, 3.8) is 0 Å². The van der Waals surface area contributed by atoms with Crippen LogP contribution in [0.3, 0.4) is 0 Å². The number of benzene rings is 1. The zero-order chi connectivity index (χ0) is 19.1. The largest absolute Gasteiger partial charge is 0.198 e. The SMILES string of the molecule is CCCCC1(C#N)CCC(c2ccc(C3CCC(CCC)CC3)cc2)CC1. The molecule has 0 aliphatic heterocycles. The highest BCUT2D eigenvalue weighted by Crippen LogP contribution is 2.46. The third-order valence-corrected chi connectivity index (χ3v) is 7.61. The fraction of sp³-hybridized carbons (Fsp3) is 0.731. The number of nitrogens with zero attached hydrogens (tertiary/aromatic N) is 1. The molecule has 148 valence electrons. The molecule has 0 amide bonds. The summed E-state index contributed by atoms with van der Waals surface area (Å²) in [5, 5.41) is 9.71. The zero-order valence-electron chi connectivity index (χ0n) is 17.7. The van der Waals surface area contributed by atoms with Crippen LogP contribution in [0.5, 0.6) is 0 Å². The van der Waals surface area contributed by atoms with Gasteiger partial charge in [-0.1, -0.05) is 63.8 Å². The third kappa shape index (κ3) is 5.16. The summed E-state index contributed by atoms with van der Waals surface area (Å²) in [4.78, 5) is 0. The third-order valence-electron chi connectivity index (χ3n) is 7.61. The average Bonchev–Trinajstić information content (AvgIpc) is 2.74. The molecule has 0 aromatic heterocycles. The van der Waals surface area contributed by atoms with Gasteiger partial charge in [0.05, 0.1) is 11.5 Å². The van der Waals surface area contributed by atoms with Crippen molar-refractivity contribution in [2.75, 3.05) is 0 Å². The molecule has 2 saturated carbocycles. The lowest BCUT2D eigenvalue weighted by Crippen LogP contribution is -2.25. The first-order valence-electron chi connectivity index (χ1n) is 11.7. The van der Waals surface area contributed by atoms with Gasteiger partial charge in [0.15, 0.2) is 0 Å². The van der Waals surface area contributed by atoms with E-state index in [1.807, 2.05) is 0 Å².